The molecule has 1 atom stereocenters. The highest BCUT2D eigenvalue weighted by Gasteiger charge is 2.28. The summed E-state index contributed by atoms with van der Waals surface area (Å²) in [4.78, 5) is 4.86. The van der Waals surface area contributed by atoms with E-state index in [2.05, 4.69) is 23.6 Å². The standard InChI is InChI=1S/C16H26N2O/c1-14(2)18-11-9-17(10-12-18)13-16(3,19)15-7-5-4-6-8-15/h4-8,14,19H,9-13H2,1-3H3. The molecule has 106 valence electrons. The van der Waals surface area contributed by atoms with Gasteiger partial charge in [0.05, 0.1) is 5.60 Å². The lowest BCUT2D eigenvalue weighted by Crippen LogP contribution is -2.52. The summed E-state index contributed by atoms with van der Waals surface area (Å²) in [5, 5.41) is 10.7. The van der Waals surface area contributed by atoms with Crippen LogP contribution in [-0.2, 0) is 5.60 Å². The fraction of sp³-hybridized carbons (Fsp3) is 0.625. The van der Waals surface area contributed by atoms with E-state index >= 15 is 0 Å². The zero-order chi connectivity index (χ0) is 13.9. The minimum atomic E-state index is -0.763. The zero-order valence-corrected chi connectivity index (χ0v) is 12.3. The van der Waals surface area contributed by atoms with Crippen molar-refractivity contribution in [2.75, 3.05) is 32.7 Å². The smallest absolute Gasteiger partial charge is 0.0994 e. The van der Waals surface area contributed by atoms with Crippen LogP contribution in [0, 0.1) is 0 Å². The topological polar surface area (TPSA) is 26.7 Å². The van der Waals surface area contributed by atoms with Crippen LogP contribution in [0.25, 0.3) is 0 Å². The molecule has 1 unspecified atom stereocenters. The Morgan fingerprint density at radius 3 is 2.21 bits per heavy atom. The van der Waals surface area contributed by atoms with E-state index in [4.69, 9.17) is 0 Å². The van der Waals surface area contributed by atoms with Crippen molar-refractivity contribution in [3.63, 3.8) is 0 Å². The first-order valence-corrected chi connectivity index (χ1v) is 7.23. The molecule has 19 heavy (non-hydrogen) atoms. The molecule has 1 heterocycles. The predicted octanol–water partition coefficient (Wildman–Crippen LogP) is 1.92. The third-order valence-corrected chi connectivity index (χ3v) is 4.06. The van der Waals surface area contributed by atoms with Crippen molar-refractivity contribution >= 4 is 0 Å². The third kappa shape index (κ3) is 3.78. The van der Waals surface area contributed by atoms with E-state index in [9.17, 15) is 5.11 Å². The molecule has 0 bridgehead atoms. The Morgan fingerprint density at radius 2 is 1.68 bits per heavy atom. The monoisotopic (exact) mass is 262 g/mol. The van der Waals surface area contributed by atoms with Crippen LogP contribution in [0.5, 0.6) is 0 Å². The lowest BCUT2D eigenvalue weighted by Gasteiger charge is -2.39. The Morgan fingerprint density at radius 1 is 1.11 bits per heavy atom. The van der Waals surface area contributed by atoms with Gasteiger partial charge in [0.15, 0.2) is 0 Å². The number of aliphatic hydroxyl groups is 1. The molecule has 0 spiro atoms. The molecule has 3 heteroatoms. The van der Waals surface area contributed by atoms with Gasteiger partial charge < -0.3 is 5.11 Å². The van der Waals surface area contributed by atoms with Gasteiger partial charge in [-0.1, -0.05) is 30.3 Å². The van der Waals surface area contributed by atoms with Crippen LogP contribution in [0.1, 0.15) is 26.3 Å². The van der Waals surface area contributed by atoms with Gasteiger partial charge >= 0.3 is 0 Å². The number of piperazine rings is 1. The van der Waals surface area contributed by atoms with Crippen molar-refractivity contribution in [1.29, 1.82) is 0 Å². The summed E-state index contributed by atoms with van der Waals surface area (Å²) in [5.41, 5.74) is 0.239. The Bertz CT molecular complexity index is 381. The zero-order valence-electron chi connectivity index (χ0n) is 12.3. The number of hydrogen-bond donors (Lipinski definition) is 1. The Hall–Kier alpha value is -0.900. The summed E-state index contributed by atoms with van der Waals surface area (Å²) in [6.07, 6.45) is 0. The molecule has 1 aliphatic heterocycles. The highest BCUT2D eigenvalue weighted by atomic mass is 16.3. The second kappa shape index (κ2) is 6.04. The molecule has 2 rings (SSSR count). The molecule has 0 saturated carbocycles. The third-order valence-electron chi connectivity index (χ3n) is 4.06. The number of nitrogens with zero attached hydrogens (tertiary/aromatic N) is 2. The van der Waals surface area contributed by atoms with Gasteiger partial charge in [0.25, 0.3) is 0 Å². The Labute approximate surface area is 116 Å². The maximum atomic E-state index is 10.7. The molecule has 0 aromatic heterocycles. The van der Waals surface area contributed by atoms with E-state index < -0.39 is 5.60 Å². The quantitative estimate of drug-likeness (QED) is 0.898. The molecule has 1 saturated heterocycles. The summed E-state index contributed by atoms with van der Waals surface area (Å²) in [7, 11) is 0. The molecule has 1 aromatic carbocycles. The molecule has 3 nitrogen and oxygen atoms in total. The molecule has 1 aliphatic rings. The minimum Gasteiger partial charge on any atom is -0.384 e. The van der Waals surface area contributed by atoms with Crippen LogP contribution in [-0.4, -0.2) is 53.7 Å². The van der Waals surface area contributed by atoms with Crippen LogP contribution in [0.2, 0.25) is 0 Å². The highest BCUT2D eigenvalue weighted by Crippen LogP contribution is 2.22. The lowest BCUT2D eigenvalue weighted by atomic mass is 9.95. The number of β-amino-alcohol motifs (C(OH)–C–C–N with tert-alkyl or cyclic N) is 1. The minimum absolute atomic E-state index is 0.622. The van der Waals surface area contributed by atoms with Gasteiger partial charge in [0.2, 0.25) is 0 Å². The van der Waals surface area contributed by atoms with Gasteiger partial charge in [-0.25, -0.2) is 0 Å². The van der Waals surface area contributed by atoms with E-state index in [0.717, 1.165) is 31.7 Å². The lowest BCUT2D eigenvalue weighted by molar-refractivity contribution is -0.00286. The summed E-state index contributed by atoms with van der Waals surface area (Å²) >= 11 is 0. The van der Waals surface area contributed by atoms with E-state index in [-0.39, 0.29) is 0 Å². The van der Waals surface area contributed by atoms with Crippen molar-refractivity contribution < 1.29 is 5.11 Å². The van der Waals surface area contributed by atoms with Crippen molar-refractivity contribution in [3.8, 4) is 0 Å². The van der Waals surface area contributed by atoms with Gasteiger partial charge in [0, 0.05) is 38.8 Å². The molecule has 0 amide bonds. The van der Waals surface area contributed by atoms with Crippen LogP contribution in [0.3, 0.4) is 0 Å². The predicted molar refractivity (Wildman–Crippen MR) is 79.2 cm³/mol. The van der Waals surface area contributed by atoms with Crippen molar-refractivity contribution in [3.05, 3.63) is 35.9 Å². The van der Waals surface area contributed by atoms with Crippen LogP contribution in [0.4, 0.5) is 0 Å². The molecule has 0 aliphatic carbocycles. The maximum Gasteiger partial charge on any atom is 0.0994 e. The maximum absolute atomic E-state index is 10.7. The summed E-state index contributed by atoms with van der Waals surface area (Å²) in [6.45, 7) is 11.4. The molecular weight excluding hydrogens is 236 g/mol. The number of rotatable bonds is 4. The normalized spacial score (nSPS) is 21.5. The second-order valence-electron chi connectivity index (χ2n) is 6.05. The molecule has 1 fully saturated rings. The van der Waals surface area contributed by atoms with E-state index in [1.165, 1.54) is 0 Å². The average molecular weight is 262 g/mol. The Balaban J connectivity index is 1.92. The van der Waals surface area contributed by atoms with Crippen molar-refractivity contribution in [1.82, 2.24) is 9.80 Å². The van der Waals surface area contributed by atoms with Crippen molar-refractivity contribution in [2.24, 2.45) is 0 Å². The van der Waals surface area contributed by atoms with Gasteiger partial charge in [-0.3, -0.25) is 9.80 Å². The molecular formula is C16H26N2O. The summed E-state index contributed by atoms with van der Waals surface area (Å²) < 4.78 is 0. The van der Waals surface area contributed by atoms with E-state index in [1.54, 1.807) is 0 Å². The SMILES string of the molecule is CC(C)N1CCN(CC(C)(O)c2ccccc2)CC1. The fourth-order valence-electron chi connectivity index (χ4n) is 2.76. The van der Waals surface area contributed by atoms with E-state index in [1.807, 2.05) is 37.3 Å². The molecule has 1 aromatic rings. The number of hydrogen-bond acceptors (Lipinski definition) is 3. The summed E-state index contributed by atoms with van der Waals surface area (Å²) in [5.74, 6) is 0. The van der Waals surface area contributed by atoms with E-state index in [0.29, 0.717) is 12.6 Å². The van der Waals surface area contributed by atoms with Crippen LogP contribution in [0.15, 0.2) is 30.3 Å². The second-order valence-corrected chi connectivity index (χ2v) is 6.05. The first kappa shape index (κ1) is 14.5. The van der Waals surface area contributed by atoms with Crippen molar-refractivity contribution in [2.45, 2.75) is 32.4 Å². The van der Waals surface area contributed by atoms with Gasteiger partial charge in [0.1, 0.15) is 0 Å². The average Bonchev–Trinajstić information content (AvgIpc) is 2.40. The first-order valence-electron chi connectivity index (χ1n) is 7.23. The highest BCUT2D eigenvalue weighted by molar-refractivity contribution is 5.21. The molecule has 1 N–H and O–H groups in total. The largest absolute Gasteiger partial charge is 0.384 e. The Kier molecular flexibility index (Phi) is 4.61. The fourth-order valence-corrected chi connectivity index (χ4v) is 2.76. The summed E-state index contributed by atoms with van der Waals surface area (Å²) in [6, 6.07) is 10.6. The van der Waals surface area contributed by atoms with Gasteiger partial charge in [-0.05, 0) is 26.3 Å². The van der Waals surface area contributed by atoms with Crippen LogP contribution < -0.4 is 0 Å². The van der Waals surface area contributed by atoms with Gasteiger partial charge in [-0.2, -0.15) is 0 Å². The van der Waals surface area contributed by atoms with Crippen LogP contribution >= 0.6 is 0 Å². The molecule has 0 radical (unpaired) electrons. The number of benzene rings is 1. The van der Waals surface area contributed by atoms with Gasteiger partial charge in [-0.15, -0.1) is 0 Å². The first-order chi connectivity index (χ1) is 8.99.